The minimum absolute atomic E-state index is 0.0774. The molecule has 6 nitrogen and oxygen atoms in total. The summed E-state index contributed by atoms with van der Waals surface area (Å²) in [6, 6.07) is 7.47. The van der Waals surface area contributed by atoms with E-state index in [1.54, 1.807) is 0 Å². The quantitative estimate of drug-likeness (QED) is 0.498. The first-order valence-electron chi connectivity index (χ1n) is 7.00. The highest BCUT2D eigenvalue weighted by Gasteiger charge is 2.13. The Labute approximate surface area is 155 Å². The van der Waals surface area contributed by atoms with E-state index in [4.69, 9.17) is 0 Å². The highest BCUT2D eigenvalue weighted by Crippen LogP contribution is 2.32. The third-order valence-corrected chi connectivity index (χ3v) is 5.86. The van der Waals surface area contributed by atoms with Crippen molar-refractivity contribution in [1.29, 1.82) is 0 Å². The van der Waals surface area contributed by atoms with Crippen molar-refractivity contribution >= 4 is 66.1 Å². The molecule has 24 heavy (non-hydrogen) atoms. The first kappa shape index (κ1) is 17.1. The third-order valence-electron chi connectivity index (χ3n) is 3.00. The Kier molecular flexibility index (Phi) is 5.32. The zero-order valence-corrected chi connectivity index (χ0v) is 16.2. The van der Waals surface area contributed by atoms with Crippen molar-refractivity contribution < 1.29 is 4.79 Å². The van der Waals surface area contributed by atoms with E-state index in [2.05, 4.69) is 36.2 Å². The summed E-state index contributed by atoms with van der Waals surface area (Å²) >= 11 is 6.28. The fraction of sp³-hybridized carbons (Fsp3) is 0.200. The van der Waals surface area contributed by atoms with E-state index in [9.17, 15) is 4.79 Å². The minimum atomic E-state index is -0.0774. The van der Waals surface area contributed by atoms with Gasteiger partial charge in [0.15, 0.2) is 10.8 Å². The number of nitrogens with zero attached hydrogens (tertiary/aromatic N) is 4. The molecular formula is C15H14BrN5OS2. The second-order valence-electron chi connectivity index (χ2n) is 5.07. The molecule has 0 aliphatic carbocycles. The van der Waals surface area contributed by atoms with E-state index >= 15 is 0 Å². The molecule has 0 unspecified atom stereocenters. The molecule has 3 aromatic rings. The van der Waals surface area contributed by atoms with Crippen molar-refractivity contribution in [2.24, 2.45) is 0 Å². The Morgan fingerprint density at radius 1 is 1.29 bits per heavy atom. The topological polar surface area (TPSA) is 71.0 Å². The summed E-state index contributed by atoms with van der Waals surface area (Å²) in [5, 5.41) is 4.51. The number of thioether (sulfide) groups is 1. The number of benzene rings is 1. The van der Waals surface area contributed by atoms with E-state index in [0.29, 0.717) is 5.65 Å². The second kappa shape index (κ2) is 7.45. The van der Waals surface area contributed by atoms with E-state index in [0.717, 1.165) is 25.0 Å². The van der Waals surface area contributed by atoms with Gasteiger partial charge >= 0.3 is 0 Å². The number of thiazole rings is 1. The van der Waals surface area contributed by atoms with Crippen molar-refractivity contribution in [2.45, 2.75) is 5.03 Å². The summed E-state index contributed by atoms with van der Waals surface area (Å²) in [7, 11) is 3.87. The van der Waals surface area contributed by atoms with Crippen LogP contribution >= 0.6 is 39.0 Å². The molecule has 0 aliphatic heterocycles. The molecule has 3 rings (SSSR count). The summed E-state index contributed by atoms with van der Waals surface area (Å²) in [5.74, 6) is 0.198. The first-order valence-corrected chi connectivity index (χ1v) is 9.59. The fourth-order valence-electron chi connectivity index (χ4n) is 1.88. The Morgan fingerprint density at radius 2 is 2.04 bits per heavy atom. The van der Waals surface area contributed by atoms with Crippen LogP contribution in [0.5, 0.6) is 0 Å². The van der Waals surface area contributed by atoms with Crippen molar-refractivity contribution in [2.75, 3.05) is 30.1 Å². The number of rotatable bonds is 5. The molecule has 0 saturated carbocycles. The lowest BCUT2D eigenvalue weighted by atomic mass is 10.3. The van der Waals surface area contributed by atoms with E-state index in [-0.39, 0.29) is 11.7 Å². The lowest BCUT2D eigenvalue weighted by Crippen LogP contribution is -2.14. The number of fused-ring (bicyclic) bond motifs is 1. The van der Waals surface area contributed by atoms with Gasteiger partial charge in [-0.05, 0) is 24.3 Å². The van der Waals surface area contributed by atoms with Gasteiger partial charge < -0.3 is 10.2 Å². The van der Waals surface area contributed by atoms with Crippen LogP contribution in [-0.4, -0.2) is 40.7 Å². The van der Waals surface area contributed by atoms with Crippen LogP contribution in [0.15, 0.2) is 40.1 Å². The monoisotopic (exact) mass is 423 g/mol. The van der Waals surface area contributed by atoms with Gasteiger partial charge in [0.25, 0.3) is 0 Å². The molecule has 0 fully saturated rings. The molecule has 1 N–H and O–H groups in total. The lowest BCUT2D eigenvalue weighted by Gasteiger charge is -2.05. The summed E-state index contributed by atoms with van der Waals surface area (Å²) in [6.45, 7) is 0. The Hall–Kier alpha value is -1.71. The molecule has 0 radical (unpaired) electrons. The fourth-order valence-corrected chi connectivity index (χ4v) is 3.96. The standard InChI is InChI=1S/C15H14BrN5OS2/c1-21(2)15-20-13-12(24-15)14(18-8-17-13)23-7-11(22)19-10-5-3-9(16)4-6-10/h3-6,8H,7H2,1-2H3,(H,19,22). The van der Waals surface area contributed by atoms with Crippen molar-refractivity contribution in [3.8, 4) is 0 Å². The lowest BCUT2D eigenvalue weighted by molar-refractivity contribution is -0.113. The molecule has 0 saturated heterocycles. The molecule has 124 valence electrons. The van der Waals surface area contributed by atoms with Gasteiger partial charge in [0.05, 0.1) is 5.75 Å². The van der Waals surface area contributed by atoms with Crippen LogP contribution in [0.1, 0.15) is 0 Å². The molecule has 0 atom stereocenters. The molecule has 0 spiro atoms. The number of nitrogens with one attached hydrogen (secondary N) is 1. The summed E-state index contributed by atoms with van der Waals surface area (Å²) in [5.41, 5.74) is 1.43. The van der Waals surface area contributed by atoms with Crippen LogP contribution < -0.4 is 10.2 Å². The Balaban J connectivity index is 1.68. The predicted molar refractivity (Wildman–Crippen MR) is 103 cm³/mol. The zero-order chi connectivity index (χ0) is 17.1. The molecule has 0 bridgehead atoms. The molecule has 2 heterocycles. The number of anilines is 2. The first-order chi connectivity index (χ1) is 11.5. The molecule has 1 amide bonds. The van der Waals surface area contributed by atoms with Crippen LogP contribution in [-0.2, 0) is 4.79 Å². The zero-order valence-electron chi connectivity index (χ0n) is 13.0. The third kappa shape index (κ3) is 4.03. The Morgan fingerprint density at radius 3 is 2.75 bits per heavy atom. The molecule has 1 aromatic carbocycles. The average Bonchev–Trinajstić information content (AvgIpc) is 3.00. The normalized spacial score (nSPS) is 10.8. The van der Waals surface area contributed by atoms with Gasteiger partial charge in [-0.15, -0.1) is 0 Å². The smallest absolute Gasteiger partial charge is 0.234 e. The summed E-state index contributed by atoms with van der Waals surface area (Å²) in [6.07, 6.45) is 1.48. The average molecular weight is 424 g/mol. The highest BCUT2D eigenvalue weighted by atomic mass is 79.9. The van der Waals surface area contributed by atoms with E-state index < -0.39 is 0 Å². The number of carbonyl (C=O) groups excluding carboxylic acids is 1. The summed E-state index contributed by atoms with van der Waals surface area (Å²) < 4.78 is 1.88. The maximum atomic E-state index is 12.1. The SMILES string of the molecule is CN(C)c1nc2ncnc(SCC(=O)Nc3ccc(Br)cc3)c2s1. The van der Waals surface area contributed by atoms with Gasteiger partial charge in [-0.2, -0.15) is 4.98 Å². The number of halogens is 1. The van der Waals surface area contributed by atoms with Crippen molar-refractivity contribution in [3.63, 3.8) is 0 Å². The van der Waals surface area contributed by atoms with Crippen LogP contribution in [0, 0.1) is 0 Å². The second-order valence-corrected chi connectivity index (χ2v) is 7.92. The Bertz CT molecular complexity index is 866. The van der Waals surface area contributed by atoms with Crippen molar-refractivity contribution in [1.82, 2.24) is 15.0 Å². The summed E-state index contributed by atoms with van der Waals surface area (Å²) in [4.78, 5) is 27.0. The number of amides is 1. The van der Waals surface area contributed by atoms with Crippen LogP contribution in [0.25, 0.3) is 10.3 Å². The van der Waals surface area contributed by atoms with Gasteiger partial charge in [-0.1, -0.05) is 39.0 Å². The number of hydrogen-bond donors (Lipinski definition) is 1. The van der Waals surface area contributed by atoms with Crippen LogP contribution in [0.3, 0.4) is 0 Å². The van der Waals surface area contributed by atoms with Crippen molar-refractivity contribution in [3.05, 3.63) is 35.1 Å². The van der Waals surface area contributed by atoms with Gasteiger partial charge in [0.1, 0.15) is 16.1 Å². The van der Waals surface area contributed by atoms with E-state index in [1.165, 1.54) is 29.4 Å². The predicted octanol–water partition coefficient (Wildman–Crippen LogP) is 3.65. The van der Waals surface area contributed by atoms with Crippen LogP contribution in [0.4, 0.5) is 10.8 Å². The maximum absolute atomic E-state index is 12.1. The number of aromatic nitrogens is 3. The largest absolute Gasteiger partial charge is 0.354 e. The maximum Gasteiger partial charge on any atom is 0.234 e. The molecule has 0 aliphatic rings. The van der Waals surface area contributed by atoms with Gasteiger partial charge in [0.2, 0.25) is 5.91 Å². The van der Waals surface area contributed by atoms with E-state index in [1.807, 2.05) is 43.3 Å². The van der Waals surface area contributed by atoms with Crippen LogP contribution in [0.2, 0.25) is 0 Å². The molecule has 2 aromatic heterocycles. The van der Waals surface area contributed by atoms with Gasteiger partial charge in [-0.3, -0.25) is 4.79 Å². The highest BCUT2D eigenvalue weighted by molar-refractivity contribution is 9.10. The minimum Gasteiger partial charge on any atom is -0.354 e. The molecular weight excluding hydrogens is 410 g/mol. The number of hydrogen-bond acceptors (Lipinski definition) is 7. The van der Waals surface area contributed by atoms with Gasteiger partial charge in [-0.25, -0.2) is 9.97 Å². The van der Waals surface area contributed by atoms with Gasteiger partial charge in [0, 0.05) is 24.3 Å². The number of carbonyl (C=O) groups is 1. The molecule has 9 heteroatoms.